The number of alkyl halides is 1. The van der Waals surface area contributed by atoms with E-state index in [4.69, 9.17) is 16.3 Å². The molecule has 0 aromatic heterocycles. The highest BCUT2D eigenvalue weighted by Crippen LogP contribution is 2.19. The largest absolute Gasteiger partial charge is 0.465 e. The van der Waals surface area contributed by atoms with Crippen LogP contribution in [-0.2, 0) is 14.3 Å². The number of halogens is 1. The zero-order valence-corrected chi connectivity index (χ0v) is 10.4. The number of nitrogens with zero attached hydrogens (tertiary/aromatic N) is 1. The van der Waals surface area contributed by atoms with E-state index < -0.39 is 11.4 Å². The van der Waals surface area contributed by atoms with Crippen LogP contribution < -0.4 is 0 Å². The highest BCUT2D eigenvalue weighted by Gasteiger charge is 2.30. The minimum Gasteiger partial charge on any atom is -0.465 e. The molecule has 0 N–H and O–H groups in total. The minimum atomic E-state index is -0.650. The third-order valence-corrected chi connectivity index (χ3v) is 2.60. The molecule has 0 aliphatic rings. The molecule has 0 saturated carbocycles. The van der Waals surface area contributed by atoms with Crippen LogP contribution in [-0.4, -0.2) is 42.9 Å². The van der Waals surface area contributed by atoms with Crippen molar-refractivity contribution in [2.45, 2.75) is 20.8 Å². The average Bonchev–Trinajstić information content (AvgIpc) is 2.16. The van der Waals surface area contributed by atoms with Gasteiger partial charge in [0, 0.05) is 12.9 Å². The van der Waals surface area contributed by atoms with Gasteiger partial charge in [-0.05, 0) is 20.8 Å². The van der Waals surface area contributed by atoms with Crippen LogP contribution in [0.2, 0.25) is 0 Å². The zero-order chi connectivity index (χ0) is 12.1. The summed E-state index contributed by atoms with van der Waals surface area (Å²) in [6.07, 6.45) is 0. The molecule has 0 radical (unpaired) electrons. The van der Waals surface area contributed by atoms with E-state index in [-0.39, 0.29) is 18.3 Å². The molecule has 0 rings (SSSR count). The molecule has 5 heteroatoms. The number of hydrogen-bond donors (Lipinski definition) is 0. The minimum absolute atomic E-state index is 0.0347. The lowest BCUT2D eigenvalue weighted by molar-refractivity contribution is -0.150. The van der Waals surface area contributed by atoms with Gasteiger partial charge in [-0.15, -0.1) is 11.6 Å². The molecule has 1 amide bonds. The topological polar surface area (TPSA) is 46.6 Å². The lowest BCUT2D eigenvalue weighted by atomic mass is 9.94. The molecule has 0 unspecified atom stereocenters. The lowest BCUT2D eigenvalue weighted by Gasteiger charge is -2.26. The average molecular weight is 236 g/mol. The van der Waals surface area contributed by atoms with Gasteiger partial charge in [0.05, 0.1) is 12.0 Å². The van der Waals surface area contributed by atoms with Crippen LogP contribution in [0, 0.1) is 5.41 Å². The van der Waals surface area contributed by atoms with E-state index in [9.17, 15) is 9.59 Å². The molecular formula is C10H18ClNO3. The Hall–Kier alpha value is -0.770. The van der Waals surface area contributed by atoms with Crippen molar-refractivity contribution in [1.29, 1.82) is 0 Å². The smallest absolute Gasteiger partial charge is 0.325 e. The molecule has 0 heterocycles. The molecule has 0 spiro atoms. The molecule has 0 aromatic carbocycles. The Morgan fingerprint density at radius 2 is 1.93 bits per heavy atom. The molecule has 0 saturated heterocycles. The van der Waals surface area contributed by atoms with E-state index in [0.717, 1.165) is 0 Å². The second-order valence-corrected chi connectivity index (χ2v) is 4.25. The molecule has 0 aliphatic carbocycles. The van der Waals surface area contributed by atoms with Crippen LogP contribution >= 0.6 is 11.6 Å². The third-order valence-electron chi connectivity index (χ3n) is 1.93. The summed E-state index contributed by atoms with van der Waals surface area (Å²) in [5, 5.41) is 0. The van der Waals surface area contributed by atoms with Crippen LogP contribution in [0.5, 0.6) is 0 Å². The van der Waals surface area contributed by atoms with Crippen molar-refractivity contribution in [2.24, 2.45) is 5.41 Å². The molecule has 0 fully saturated rings. The quantitative estimate of drug-likeness (QED) is 0.533. The number of amides is 1. The molecule has 0 bridgehead atoms. The van der Waals surface area contributed by atoms with Gasteiger partial charge >= 0.3 is 5.97 Å². The van der Waals surface area contributed by atoms with E-state index in [1.54, 1.807) is 27.8 Å². The number of hydrogen-bond acceptors (Lipinski definition) is 3. The van der Waals surface area contributed by atoms with Crippen LogP contribution in [0.25, 0.3) is 0 Å². The van der Waals surface area contributed by atoms with Crippen molar-refractivity contribution in [3.63, 3.8) is 0 Å². The second-order valence-electron chi connectivity index (χ2n) is 3.98. The highest BCUT2D eigenvalue weighted by molar-refractivity contribution is 6.19. The maximum atomic E-state index is 11.8. The molecule has 88 valence electrons. The Bertz CT molecular complexity index is 241. The van der Waals surface area contributed by atoms with Gasteiger partial charge in [-0.25, -0.2) is 0 Å². The van der Waals surface area contributed by atoms with Gasteiger partial charge in [0.1, 0.15) is 6.54 Å². The summed E-state index contributed by atoms with van der Waals surface area (Å²) in [6, 6.07) is 0. The van der Waals surface area contributed by atoms with Gasteiger partial charge < -0.3 is 9.64 Å². The highest BCUT2D eigenvalue weighted by atomic mass is 35.5. The lowest BCUT2D eigenvalue weighted by Crippen LogP contribution is -2.42. The standard InChI is InChI=1S/C10H18ClNO3/c1-5-15-8(13)6-12(4)9(14)10(2,3)7-11/h5-7H2,1-4H3. The Labute approximate surface area is 95.5 Å². The summed E-state index contributed by atoms with van der Waals surface area (Å²) in [5.74, 6) is -0.344. The summed E-state index contributed by atoms with van der Waals surface area (Å²) in [7, 11) is 1.56. The monoisotopic (exact) mass is 235 g/mol. The van der Waals surface area contributed by atoms with Crippen molar-refractivity contribution in [2.75, 3.05) is 26.1 Å². The summed E-state index contributed by atoms with van der Waals surface area (Å²) >= 11 is 5.67. The van der Waals surface area contributed by atoms with Crippen molar-refractivity contribution in [3.8, 4) is 0 Å². The van der Waals surface area contributed by atoms with Gasteiger partial charge in [-0.2, -0.15) is 0 Å². The number of rotatable bonds is 5. The predicted octanol–water partition coefficient (Wildman–Crippen LogP) is 1.27. The molecule has 0 aliphatic heterocycles. The summed E-state index contributed by atoms with van der Waals surface area (Å²) in [4.78, 5) is 24.2. The van der Waals surface area contributed by atoms with Crippen molar-refractivity contribution < 1.29 is 14.3 Å². The van der Waals surface area contributed by atoms with E-state index in [2.05, 4.69) is 0 Å². The summed E-state index contributed by atoms with van der Waals surface area (Å²) in [5.41, 5.74) is -0.650. The second kappa shape index (κ2) is 5.95. The van der Waals surface area contributed by atoms with E-state index in [0.29, 0.717) is 6.61 Å². The van der Waals surface area contributed by atoms with Gasteiger partial charge in [0.2, 0.25) is 5.91 Å². The third kappa shape index (κ3) is 4.51. The van der Waals surface area contributed by atoms with Crippen molar-refractivity contribution in [1.82, 2.24) is 4.90 Å². The Morgan fingerprint density at radius 3 is 2.33 bits per heavy atom. The number of ether oxygens (including phenoxy) is 1. The van der Waals surface area contributed by atoms with Crippen molar-refractivity contribution in [3.05, 3.63) is 0 Å². The van der Waals surface area contributed by atoms with Crippen LogP contribution in [0.15, 0.2) is 0 Å². The Morgan fingerprint density at radius 1 is 1.40 bits per heavy atom. The van der Waals surface area contributed by atoms with E-state index >= 15 is 0 Å². The number of carbonyl (C=O) groups is 2. The molecular weight excluding hydrogens is 218 g/mol. The number of likely N-dealkylation sites (N-methyl/N-ethyl adjacent to an activating group) is 1. The summed E-state index contributed by atoms with van der Waals surface area (Å²) < 4.78 is 4.74. The fourth-order valence-electron chi connectivity index (χ4n) is 1.05. The van der Waals surface area contributed by atoms with Gasteiger partial charge in [-0.1, -0.05) is 0 Å². The normalized spacial score (nSPS) is 11.0. The molecule has 4 nitrogen and oxygen atoms in total. The SMILES string of the molecule is CCOC(=O)CN(C)C(=O)C(C)(C)CCl. The maximum Gasteiger partial charge on any atom is 0.325 e. The van der Waals surface area contributed by atoms with Gasteiger partial charge in [-0.3, -0.25) is 9.59 Å². The van der Waals surface area contributed by atoms with Crippen LogP contribution in [0.1, 0.15) is 20.8 Å². The van der Waals surface area contributed by atoms with E-state index in [1.165, 1.54) is 4.90 Å². The fraction of sp³-hybridized carbons (Fsp3) is 0.800. The van der Waals surface area contributed by atoms with Crippen LogP contribution in [0.4, 0.5) is 0 Å². The maximum absolute atomic E-state index is 11.8. The van der Waals surface area contributed by atoms with Gasteiger partial charge in [0.15, 0.2) is 0 Å². The number of carbonyl (C=O) groups excluding carboxylic acids is 2. The van der Waals surface area contributed by atoms with Gasteiger partial charge in [0.25, 0.3) is 0 Å². The van der Waals surface area contributed by atoms with E-state index in [1.807, 2.05) is 0 Å². The molecule has 0 atom stereocenters. The van der Waals surface area contributed by atoms with Crippen LogP contribution in [0.3, 0.4) is 0 Å². The van der Waals surface area contributed by atoms with Crippen molar-refractivity contribution >= 4 is 23.5 Å². The first kappa shape index (κ1) is 14.2. The Kier molecular flexibility index (Phi) is 5.65. The Balaban J connectivity index is 4.28. The molecule has 0 aromatic rings. The molecule has 15 heavy (non-hydrogen) atoms. The number of esters is 1. The summed E-state index contributed by atoms with van der Waals surface area (Å²) in [6.45, 7) is 5.49. The fourth-order valence-corrected chi connectivity index (χ4v) is 1.16. The zero-order valence-electron chi connectivity index (χ0n) is 9.67. The first-order valence-electron chi connectivity index (χ1n) is 4.82. The first-order valence-corrected chi connectivity index (χ1v) is 5.35. The predicted molar refractivity (Wildman–Crippen MR) is 58.8 cm³/mol. The first-order chi connectivity index (χ1) is 6.85.